The second-order valence-electron chi connectivity index (χ2n) is 4.58. The molecule has 0 amide bonds. The molecule has 0 radical (unpaired) electrons. The van der Waals surface area contributed by atoms with E-state index in [4.69, 9.17) is 11.6 Å². The van der Waals surface area contributed by atoms with Gasteiger partial charge in [-0.2, -0.15) is 5.10 Å². The van der Waals surface area contributed by atoms with E-state index >= 15 is 0 Å². The molecule has 2 aromatic rings. The molecule has 0 spiro atoms. The van der Waals surface area contributed by atoms with E-state index < -0.39 is 0 Å². The van der Waals surface area contributed by atoms with Crippen LogP contribution in [-0.2, 0) is 19.3 Å². The minimum Gasteiger partial charge on any atom is -0.268 e. The zero-order valence-corrected chi connectivity index (χ0v) is 11.7. The molecule has 0 aliphatic heterocycles. The van der Waals surface area contributed by atoms with Crippen molar-refractivity contribution in [1.82, 2.24) is 9.78 Å². The fraction of sp³-hybridized carbons (Fsp3) is 0.400. The minimum absolute atomic E-state index is 0.461. The first-order valence-corrected chi connectivity index (χ1v) is 6.96. The molecule has 0 fully saturated rings. The third kappa shape index (κ3) is 2.94. The topological polar surface area (TPSA) is 17.8 Å². The molecule has 96 valence electrons. The van der Waals surface area contributed by atoms with E-state index in [9.17, 15) is 0 Å². The normalized spacial score (nSPS) is 10.8. The Morgan fingerprint density at radius 1 is 1.22 bits per heavy atom. The Morgan fingerprint density at radius 2 is 1.94 bits per heavy atom. The lowest BCUT2D eigenvalue weighted by atomic mass is 10.0. The number of hydrogen-bond donors (Lipinski definition) is 0. The average molecular weight is 263 g/mol. The van der Waals surface area contributed by atoms with Gasteiger partial charge in [-0.05, 0) is 30.0 Å². The summed E-state index contributed by atoms with van der Waals surface area (Å²) < 4.78 is 1.89. The van der Waals surface area contributed by atoms with Gasteiger partial charge in [0.1, 0.15) is 0 Å². The maximum Gasteiger partial charge on any atom is 0.0778 e. The van der Waals surface area contributed by atoms with Gasteiger partial charge in [0.15, 0.2) is 0 Å². The van der Waals surface area contributed by atoms with E-state index in [-0.39, 0.29) is 0 Å². The Balaban J connectivity index is 2.20. The van der Waals surface area contributed by atoms with E-state index in [2.05, 4.69) is 36.3 Å². The Hall–Kier alpha value is -1.28. The van der Waals surface area contributed by atoms with Gasteiger partial charge in [-0.25, -0.2) is 0 Å². The second kappa shape index (κ2) is 6.05. The van der Waals surface area contributed by atoms with Gasteiger partial charge in [0, 0.05) is 7.05 Å². The summed E-state index contributed by atoms with van der Waals surface area (Å²) in [6.07, 6.45) is 3.65. The highest BCUT2D eigenvalue weighted by Crippen LogP contribution is 2.21. The number of unbranched alkanes of at least 4 members (excludes halogenated alkanes) is 1. The van der Waals surface area contributed by atoms with Crippen LogP contribution < -0.4 is 0 Å². The van der Waals surface area contributed by atoms with Crippen molar-refractivity contribution in [2.24, 2.45) is 7.05 Å². The molecule has 0 saturated carbocycles. The van der Waals surface area contributed by atoms with E-state index in [1.807, 2.05) is 17.8 Å². The van der Waals surface area contributed by atoms with Crippen molar-refractivity contribution in [1.29, 1.82) is 0 Å². The molecule has 2 rings (SSSR count). The van der Waals surface area contributed by atoms with Gasteiger partial charge in [-0.15, -0.1) is 11.6 Å². The van der Waals surface area contributed by atoms with Crippen molar-refractivity contribution >= 4 is 11.6 Å². The van der Waals surface area contributed by atoms with Crippen molar-refractivity contribution in [2.45, 2.75) is 32.1 Å². The average Bonchev–Trinajstić information content (AvgIpc) is 2.78. The maximum atomic E-state index is 5.81. The Morgan fingerprint density at radius 3 is 2.50 bits per heavy atom. The predicted octanol–water partition coefficient (Wildman–Crippen LogP) is 4.17. The molecular weight excluding hydrogens is 244 g/mol. The third-order valence-corrected chi connectivity index (χ3v) is 3.41. The van der Waals surface area contributed by atoms with Crippen LogP contribution in [0.3, 0.4) is 0 Å². The molecule has 2 nitrogen and oxygen atoms in total. The number of alkyl halides is 1. The fourth-order valence-corrected chi connectivity index (χ4v) is 2.22. The smallest absolute Gasteiger partial charge is 0.0778 e. The summed E-state index contributed by atoms with van der Waals surface area (Å²) in [5.74, 6) is 0.461. The summed E-state index contributed by atoms with van der Waals surface area (Å²) in [5.41, 5.74) is 4.64. The molecule has 0 N–H and O–H groups in total. The summed E-state index contributed by atoms with van der Waals surface area (Å²) in [5, 5.41) is 4.36. The monoisotopic (exact) mass is 262 g/mol. The van der Waals surface area contributed by atoms with Gasteiger partial charge in [0.05, 0.1) is 17.3 Å². The Labute approximate surface area is 114 Å². The standard InChI is InChI=1S/C15H19ClN2/c1-3-4-5-12-6-8-13(9-7-12)15-10-14(11-16)17-18(15)2/h6-10H,3-5,11H2,1-2H3. The Bertz CT molecular complexity index is 500. The molecule has 1 aromatic heterocycles. The Kier molecular flexibility index (Phi) is 4.43. The van der Waals surface area contributed by atoms with Crippen molar-refractivity contribution in [3.05, 3.63) is 41.6 Å². The maximum absolute atomic E-state index is 5.81. The van der Waals surface area contributed by atoms with Crippen LogP contribution in [0.2, 0.25) is 0 Å². The molecule has 18 heavy (non-hydrogen) atoms. The van der Waals surface area contributed by atoms with E-state index in [1.54, 1.807) is 0 Å². The lowest BCUT2D eigenvalue weighted by molar-refractivity contribution is 0.761. The molecule has 0 aliphatic rings. The van der Waals surface area contributed by atoms with Crippen molar-refractivity contribution in [2.75, 3.05) is 0 Å². The number of hydrogen-bond acceptors (Lipinski definition) is 1. The molecule has 0 saturated heterocycles. The van der Waals surface area contributed by atoms with Crippen LogP contribution in [0.1, 0.15) is 31.0 Å². The number of aromatic nitrogens is 2. The van der Waals surface area contributed by atoms with Crippen molar-refractivity contribution < 1.29 is 0 Å². The first-order chi connectivity index (χ1) is 8.74. The highest BCUT2D eigenvalue weighted by atomic mass is 35.5. The van der Waals surface area contributed by atoms with Crippen LogP contribution in [0.25, 0.3) is 11.3 Å². The summed E-state index contributed by atoms with van der Waals surface area (Å²) >= 11 is 5.81. The van der Waals surface area contributed by atoms with Crippen LogP contribution in [0.4, 0.5) is 0 Å². The fourth-order valence-electron chi connectivity index (χ4n) is 2.09. The highest BCUT2D eigenvalue weighted by Gasteiger charge is 2.06. The zero-order chi connectivity index (χ0) is 13.0. The molecule has 1 heterocycles. The van der Waals surface area contributed by atoms with Gasteiger partial charge in [-0.3, -0.25) is 4.68 Å². The SMILES string of the molecule is CCCCc1ccc(-c2cc(CCl)nn2C)cc1. The van der Waals surface area contributed by atoms with Crippen LogP contribution in [0.5, 0.6) is 0 Å². The molecule has 0 atom stereocenters. The van der Waals surface area contributed by atoms with Crippen LogP contribution in [0, 0.1) is 0 Å². The number of benzene rings is 1. The molecule has 1 aromatic carbocycles. The quantitative estimate of drug-likeness (QED) is 0.740. The van der Waals surface area contributed by atoms with E-state index in [0.717, 1.165) is 17.8 Å². The molecule has 0 unspecified atom stereocenters. The lowest BCUT2D eigenvalue weighted by Gasteiger charge is -2.04. The summed E-state index contributed by atoms with van der Waals surface area (Å²) in [4.78, 5) is 0. The first-order valence-electron chi connectivity index (χ1n) is 6.42. The van der Waals surface area contributed by atoms with Crippen molar-refractivity contribution in [3.8, 4) is 11.3 Å². The van der Waals surface area contributed by atoms with Gasteiger partial charge in [0.2, 0.25) is 0 Å². The highest BCUT2D eigenvalue weighted by molar-refractivity contribution is 6.16. The molecule has 0 bridgehead atoms. The predicted molar refractivity (Wildman–Crippen MR) is 76.8 cm³/mol. The summed E-state index contributed by atoms with van der Waals surface area (Å²) in [6, 6.07) is 10.8. The first kappa shape index (κ1) is 13.2. The third-order valence-electron chi connectivity index (χ3n) is 3.14. The number of aryl methyl sites for hydroxylation is 2. The zero-order valence-electron chi connectivity index (χ0n) is 11.0. The van der Waals surface area contributed by atoms with Gasteiger partial charge in [0.25, 0.3) is 0 Å². The number of halogens is 1. The summed E-state index contributed by atoms with van der Waals surface area (Å²) in [7, 11) is 1.95. The number of nitrogens with zero attached hydrogens (tertiary/aromatic N) is 2. The lowest BCUT2D eigenvalue weighted by Crippen LogP contribution is -1.94. The largest absolute Gasteiger partial charge is 0.268 e. The molecular formula is C15H19ClN2. The molecule has 0 aliphatic carbocycles. The van der Waals surface area contributed by atoms with Gasteiger partial charge in [-0.1, -0.05) is 37.6 Å². The van der Waals surface area contributed by atoms with E-state index in [0.29, 0.717) is 5.88 Å². The van der Waals surface area contributed by atoms with E-state index in [1.165, 1.54) is 24.0 Å². The van der Waals surface area contributed by atoms with Crippen molar-refractivity contribution in [3.63, 3.8) is 0 Å². The second-order valence-corrected chi connectivity index (χ2v) is 4.85. The van der Waals surface area contributed by atoms with Gasteiger partial charge >= 0.3 is 0 Å². The summed E-state index contributed by atoms with van der Waals surface area (Å²) in [6.45, 7) is 2.22. The van der Waals surface area contributed by atoms with Crippen LogP contribution in [-0.4, -0.2) is 9.78 Å². The minimum atomic E-state index is 0.461. The van der Waals surface area contributed by atoms with Gasteiger partial charge < -0.3 is 0 Å². The van der Waals surface area contributed by atoms with Crippen LogP contribution >= 0.6 is 11.6 Å². The van der Waals surface area contributed by atoms with Crippen LogP contribution in [0.15, 0.2) is 30.3 Å². The molecule has 3 heteroatoms. The number of rotatable bonds is 5.